The van der Waals surface area contributed by atoms with Crippen molar-refractivity contribution in [3.63, 3.8) is 0 Å². The number of hydrogen-bond acceptors (Lipinski definition) is 4. The van der Waals surface area contributed by atoms with Crippen LogP contribution in [-0.4, -0.2) is 17.3 Å². The zero-order valence-electron chi connectivity index (χ0n) is 18.4. The third kappa shape index (κ3) is 4.47. The highest BCUT2D eigenvalue weighted by Gasteiger charge is 2.34. The monoisotopic (exact) mass is 398 g/mol. The van der Waals surface area contributed by atoms with E-state index in [9.17, 15) is 10.2 Å². The summed E-state index contributed by atoms with van der Waals surface area (Å²) >= 11 is 0. The second-order valence-electron chi connectivity index (χ2n) is 8.68. The summed E-state index contributed by atoms with van der Waals surface area (Å²) in [5, 5.41) is 22.1. The van der Waals surface area contributed by atoms with Gasteiger partial charge in [-0.3, -0.25) is 0 Å². The molecule has 1 aliphatic heterocycles. The van der Waals surface area contributed by atoms with Gasteiger partial charge in [-0.25, -0.2) is 0 Å². The Hall–Kier alpha value is -2.36. The van der Waals surface area contributed by atoms with Crippen molar-refractivity contribution in [1.29, 1.82) is 0 Å². The third-order valence-electron chi connectivity index (χ3n) is 5.92. The Labute approximate surface area is 174 Å². The van der Waals surface area contributed by atoms with Gasteiger partial charge < -0.3 is 19.7 Å². The molecule has 1 fully saturated rings. The minimum atomic E-state index is 0.121. The highest BCUT2D eigenvalue weighted by molar-refractivity contribution is 5.65. The molecule has 29 heavy (non-hydrogen) atoms. The maximum Gasteiger partial charge on any atom is 0.145 e. The average molecular weight is 399 g/mol. The second kappa shape index (κ2) is 8.98. The number of ether oxygens (including phenoxy) is 2. The topological polar surface area (TPSA) is 58.9 Å². The van der Waals surface area contributed by atoms with Gasteiger partial charge >= 0.3 is 0 Å². The van der Waals surface area contributed by atoms with Crippen molar-refractivity contribution < 1.29 is 19.7 Å². The van der Waals surface area contributed by atoms with E-state index in [2.05, 4.69) is 6.08 Å². The molecule has 4 nitrogen and oxygen atoms in total. The molecule has 0 aromatic heterocycles. The summed E-state index contributed by atoms with van der Waals surface area (Å²) in [6.07, 6.45) is 10.2. The fourth-order valence-corrected chi connectivity index (χ4v) is 4.24. The van der Waals surface area contributed by atoms with Crippen LogP contribution in [0.25, 0.3) is 0 Å². The van der Waals surface area contributed by atoms with Gasteiger partial charge in [0.1, 0.15) is 28.8 Å². The average Bonchev–Trinajstić information content (AvgIpc) is 3.21. The number of methoxy groups -OCH3 is 1. The van der Waals surface area contributed by atoms with Crippen LogP contribution in [0.2, 0.25) is 0 Å². The number of fused-ring (bicyclic) bond motifs is 1. The Morgan fingerprint density at radius 3 is 2.10 bits per heavy atom. The van der Waals surface area contributed by atoms with Gasteiger partial charge in [0.25, 0.3) is 0 Å². The summed E-state index contributed by atoms with van der Waals surface area (Å²) in [5.41, 5.74) is 4.35. The van der Waals surface area contributed by atoms with E-state index >= 15 is 0 Å². The van der Waals surface area contributed by atoms with Crippen molar-refractivity contribution in [3.8, 4) is 17.2 Å². The van der Waals surface area contributed by atoms with Gasteiger partial charge in [-0.15, -0.1) is 0 Å². The first-order valence-corrected chi connectivity index (χ1v) is 10.6. The molecule has 1 aliphatic carbocycles. The van der Waals surface area contributed by atoms with Gasteiger partial charge in [0, 0.05) is 29.0 Å². The van der Waals surface area contributed by atoms with E-state index < -0.39 is 0 Å². The quantitative estimate of drug-likeness (QED) is 0.569. The van der Waals surface area contributed by atoms with Crippen LogP contribution in [-0.2, 0) is 24.0 Å². The second-order valence-corrected chi connectivity index (χ2v) is 8.68. The van der Waals surface area contributed by atoms with Crippen LogP contribution in [0.5, 0.6) is 17.2 Å². The lowest BCUT2D eigenvalue weighted by atomic mass is 9.91. The van der Waals surface area contributed by atoms with E-state index in [-0.39, 0.29) is 11.5 Å². The van der Waals surface area contributed by atoms with Crippen molar-refractivity contribution in [3.05, 3.63) is 51.5 Å². The van der Waals surface area contributed by atoms with Crippen molar-refractivity contribution in [2.45, 2.75) is 72.6 Å². The largest absolute Gasteiger partial charge is 0.507 e. The van der Waals surface area contributed by atoms with Crippen LogP contribution in [0.4, 0.5) is 0 Å². The van der Waals surface area contributed by atoms with Gasteiger partial charge in [0.05, 0.1) is 7.11 Å². The molecule has 1 heterocycles. The fourth-order valence-electron chi connectivity index (χ4n) is 4.24. The lowest BCUT2D eigenvalue weighted by Gasteiger charge is -2.29. The molecule has 1 aromatic carbocycles. The Kier molecular flexibility index (Phi) is 6.61. The number of aromatic hydroxyl groups is 2. The summed E-state index contributed by atoms with van der Waals surface area (Å²) in [6, 6.07) is 0. The first kappa shape index (κ1) is 21.4. The van der Waals surface area contributed by atoms with E-state index in [0.29, 0.717) is 36.5 Å². The molecule has 2 aliphatic rings. The molecular weight excluding hydrogens is 364 g/mol. The number of allylic oxidation sites excluding steroid dienone is 6. The van der Waals surface area contributed by atoms with Gasteiger partial charge in [0.15, 0.2) is 0 Å². The van der Waals surface area contributed by atoms with Crippen molar-refractivity contribution in [2.24, 2.45) is 5.92 Å². The molecule has 0 radical (unpaired) electrons. The Balaban J connectivity index is 2.13. The zero-order chi connectivity index (χ0) is 21.1. The minimum Gasteiger partial charge on any atom is -0.507 e. The van der Waals surface area contributed by atoms with Crippen molar-refractivity contribution >= 4 is 0 Å². The van der Waals surface area contributed by atoms with Gasteiger partial charge in [-0.2, -0.15) is 0 Å². The Bertz CT molecular complexity index is 860. The molecule has 2 N–H and O–H groups in total. The summed E-state index contributed by atoms with van der Waals surface area (Å²) in [5.74, 6) is 2.91. The predicted octanol–water partition coefficient (Wildman–Crippen LogP) is 6.10. The molecule has 1 saturated carbocycles. The van der Waals surface area contributed by atoms with E-state index in [1.807, 2.05) is 33.8 Å². The number of rotatable bonds is 6. The van der Waals surface area contributed by atoms with Crippen LogP contribution in [0, 0.1) is 5.92 Å². The normalized spacial score (nSPS) is 16.3. The Morgan fingerprint density at radius 1 is 0.966 bits per heavy atom. The maximum atomic E-state index is 11.1. The summed E-state index contributed by atoms with van der Waals surface area (Å²) in [7, 11) is 1.67. The first-order chi connectivity index (χ1) is 13.8. The number of benzene rings is 1. The van der Waals surface area contributed by atoms with Crippen molar-refractivity contribution in [2.75, 3.05) is 7.11 Å². The van der Waals surface area contributed by atoms with Crippen LogP contribution < -0.4 is 4.74 Å². The lowest BCUT2D eigenvalue weighted by molar-refractivity contribution is 0.216. The molecule has 0 bridgehead atoms. The summed E-state index contributed by atoms with van der Waals surface area (Å²) < 4.78 is 12.1. The molecule has 1 aromatic rings. The molecule has 4 heteroatoms. The Morgan fingerprint density at radius 2 is 1.55 bits per heavy atom. The standard InChI is InChI=1S/C25H34O4/c1-15(2)10-12-18-22(26)19(13-11-16(3)4)25-20(23(18)27)14-21(28-5)24(29-25)17-8-6-7-9-17/h10-11,17,26-27H,6-9,12-14H2,1-5H3. The van der Waals surface area contributed by atoms with Crippen molar-refractivity contribution in [1.82, 2.24) is 0 Å². The molecule has 158 valence electrons. The highest BCUT2D eigenvalue weighted by atomic mass is 16.5. The summed E-state index contributed by atoms with van der Waals surface area (Å²) in [6.45, 7) is 8.11. The number of hydrogen-bond donors (Lipinski definition) is 2. The van der Waals surface area contributed by atoms with Crippen LogP contribution in [0.3, 0.4) is 0 Å². The zero-order valence-corrected chi connectivity index (χ0v) is 18.4. The number of phenols is 2. The molecular formula is C25H34O4. The molecule has 3 rings (SSSR count). The fraction of sp³-hybridized carbons (Fsp3) is 0.520. The molecule has 0 amide bonds. The highest BCUT2D eigenvalue weighted by Crippen LogP contribution is 2.49. The molecule has 0 spiro atoms. The van der Waals surface area contributed by atoms with E-state index in [4.69, 9.17) is 9.47 Å². The maximum absolute atomic E-state index is 11.1. The smallest absolute Gasteiger partial charge is 0.145 e. The minimum absolute atomic E-state index is 0.121. The molecule has 0 saturated heterocycles. The van der Waals surface area contributed by atoms with E-state index in [0.717, 1.165) is 41.1 Å². The van der Waals surface area contributed by atoms with E-state index in [1.165, 1.54) is 18.4 Å². The summed E-state index contributed by atoms with van der Waals surface area (Å²) in [4.78, 5) is 0. The van der Waals surface area contributed by atoms with Crippen LogP contribution >= 0.6 is 0 Å². The van der Waals surface area contributed by atoms with Gasteiger partial charge in [0.2, 0.25) is 0 Å². The molecule has 0 unspecified atom stereocenters. The van der Waals surface area contributed by atoms with Crippen LogP contribution in [0.15, 0.2) is 34.8 Å². The predicted molar refractivity (Wildman–Crippen MR) is 116 cm³/mol. The first-order valence-electron chi connectivity index (χ1n) is 10.6. The van der Waals surface area contributed by atoms with Gasteiger partial charge in [-0.1, -0.05) is 36.1 Å². The third-order valence-corrected chi connectivity index (χ3v) is 5.92. The lowest BCUT2D eigenvalue weighted by Crippen LogP contribution is -2.19. The van der Waals surface area contributed by atoms with Gasteiger partial charge in [-0.05, 0) is 53.4 Å². The SMILES string of the molecule is COC1=C(C2CCCC2)Oc2c(CC=C(C)C)c(O)c(CC=C(C)C)c(O)c2C1. The molecule has 0 atom stereocenters. The van der Waals surface area contributed by atoms with Crippen LogP contribution in [0.1, 0.15) is 70.1 Å². The number of phenolic OH excluding ortho intramolecular Hbond substituents is 2. The van der Waals surface area contributed by atoms with E-state index in [1.54, 1.807) is 7.11 Å².